The van der Waals surface area contributed by atoms with E-state index in [0.717, 1.165) is 39.7 Å². The quantitative estimate of drug-likeness (QED) is 0.336. The van der Waals surface area contributed by atoms with Crippen LogP contribution in [0.5, 0.6) is 0 Å². The third-order valence-corrected chi connectivity index (χ3v) is 6.43. The fourth-order valence-corrected chi connectivity index (χ4v) is 4.77. The molecular weight excluding hydrogens is 404 g/mol. The van der Waals surface area contributed by atoms with Crippen LogP contribution in [0.3, 0.4) is 0 Å². The Morgan fingerprint density at radius 1 is 0.606 bits per heavy atom. The zero-order valence-corrected chi connectivity index (χ0v) is 18.4. The highest BCUT2D eigenvalue weighted by atomic mass is 15.1. The van der Waals surface area contributed by atoms with Gasteiger partial charge in [-0.1, -0.05) is 60.7 Å². The summed E-state index contributed by atoms with van der Waals surface area (Å²) in [6, 6.07) is 25.5. The summed E-state index contributed by atoms with van der Waals surface area (Å²) in [5, 5.41) is 14.6. The molecule has 4 nitrogen and oxygen atoms in total. The van der Waals surface area contributed by atoms with E-state index in [1.54, 1.807) is 0 Å². The van der Waals surface area contributed by atoms with Crippen LogP contribution in [0.15, 0.2) is 91.4 Å². The normalized spacial score (nSPS) is 11.4. The highest BCUT2D eigenvalue weighted by Gasteiger charge is 2.12. The minimum absolute atomic E-state index is 0.696. The van der Waals surface area contributed by atoms with Crippen molar-refractivity contribution in [3.05, 3.63) is 119 Å². The second kappa shape index (κ2) is 8.06. The topological polar surface area (TPSA) is 51.6 Å². The van der Waals surface area contributed by atoms with Crippen LogP contribution in [0.4, 0.5) is 0 Å². The third-order valence-electron chi connectivity index (χ3n) is 6.43. The molecule has 0 unspecified atom stereocenters. The number of rotatable bonds is 4. The Kier molecular flexibility index (Phi) is 4.76. The summed E-state index contributed by atoms with van der Waals surface area (Å²) in [6.07, 6.45) is 7.18. The molecule has 158 valence electrons. The summed E-state index contributed by atoms with van der Waals surface area (Å²) >= 11 is 0. The van der Waals surface area contributed by atoms with Crippen LogP contribution >= 0.6 is 0 Å². The Morgan fingerprint density at radius 2 is 1.36 bits per heavy atom. The third kappa shape index (κ3) is 3.50. The standard InChI is InChI=1S/C29H22N4/c1-19-24-10-4-7-20(25(24)13-15-30-19)16-21-12-14-31-29-22(8-5-11-27(21)29)17-28-26-9-3-2-6-23(26)18-32-33-28/h2-15,18H,16-17H2,1H3. The summed E-state index contributed by atoms with van der Waals surface area (Å²) < 4.78 is 0. The summed E-state index contributed by atoms with van der Waals surface area (Å²) in [6.45, 7) is 2.07. The van der Waals surface area contributed by atoms with E-state index in [0.29, 0.717) is 6.42 Å². The van der Waals surface area contributed by atoms with Crippen molar-refractivity contribution in [1.29, 1.82) is 0 Å². The van der Waals surface area contributed by atoms with E-state index in [1.165, 1.54) is 27.3 Å². The minimum atomic E-state index is 0.696. The molecule has 0 amide bonds. The molecule has 0 atom stereocenters. The molecule has 0 aliphatic carbocycles. The first kappa shape index (κ1) is 19.5. The average molecular weight is 427 g/mol. The number of aromatic nitrogens is 4. The van der Waals surface area contributed by atoms with E-state index < -0.39 is 0 Å². The highest BCUT2D eigenvalue weighted by molar-refractivity contribution is 5.90. The lowest BCUT2D eigenvalue weighted by atomic mass is 9.95. The maximum absolute atomic E-state index is 4.78. The number of nitrogens with zero attached hydrogens (tertiary/aromatic N) is 4. The molecule has 0 saturated heterocycles. The number of para-hydroxylation sites is 1. The molecule has 3 heterocycles. The Balaban J connectivity index is 1.44. The van der Waals surface area contributed by atoms with Gasteiger partial charge in [0.2, 0.25) is 0 Å². The maximum atomic E-state index is 4.78. The predicted molar refractivity (Wildman–Crippen MR) is 133 cm³/mol. The van der Waals surface area contributed by atoms with Gasteiger partial charge in [0.1, 0.15) is 0 Å². The van der Waals surface area contributed by atoms with Crippen LogP contribution < -0.4 is 0 Å². The van der Waals surface area contributed by atoms with Crippen molar-refractivity contribution >= 4 is 32.4 Å². The fraction of sp³-hybridized carbons (Fsp3) is 0.103. The minimum Gasteiger partial charge on any atom is -0.261 e. The maximum Gasteiger partial charge on any atom is 0.0753 e. The molecule has 0 radical (unpaired) electrons. The van der Waals surface area contributed by atoms with Crippen molar-refractivity contribution in [2.75, 3.05) is 0 Å². The number of benzene rings is 3. The van der Waals surface area contributed by atoms with E-state index in [1.807, 2.05) is 30.7 Å². The molecule has 0 aliphatic rings. The second-order valence-corrected chi connectivity index (χ2v) is 8.42. The first-order chi connectivity index (χ1) is 16.3. The molecule has 33 heavy (non-hydrogen) atoms. The summed E-state index contributed by atoms with van der Waals surface area (Å²) in [5.41, 5.74) is 6.81. The summed E-state index contributed by atoms with van der Waals surface area (Å²) in [5.74, 6) is 0. The van der Waals surface area contributed by atoms with Crippen molar-refractivity contribution in [3.8, 4) is 0 Å². The number of hydrogen-bond donors (Lipinski definition) is 0. The van der Waals surface area contributed by atoms with Gasteiger partial charge in [-0.2, -0.15) is 10.2 Å². The van der Waals surface area contributed by atoms with Crippen LogP contribution in [0, 0.1) is 6.92 Å². The predicted octanol–water partition coefficient (Wildman–Crippen LogP) is 6.22. The van der Waals surface area contributed by atoms with Crippen molar-refractivity contribution < 1.29 is 0 Å². The Labute approximate surface area is 192 Å². The molecule has 0 spiro atoms. The Bertz CT molecular complexity index is 1630. The van der Waals surface area contributed by atoms with Gasteiger partial charge in [0.25, 0.3) is 0 Å². The van der Waals surface area contributed by atoms with Gasteiger partial charge in [0.15, 0.2) is 0 Å². The van der Waals surface area contributed by atoms with Gasteiger partial charge in [0, 0.05) is 46.1 Å². The monoisotopic (exact) mass is 426 g/mol. The zero-order valence-electron chi connectivity index (χ0n) is 18.4. The van der Waals surface area contributed by atoms with Gasteiger partial charge < -0.3 is 0 Å². The molecular formula is C29H22N4. The molecule has 0 fully saturated rings. The second-order valence-electron chi connectivity index (χ2n) is 8.42. The van der Waals surface area contributed by atoms with Gasteiger partial charge in [-0.25, -0.2) is 0 Å². The summed E-state index contributed by atoms with van der Waals surface area (Å²) in [4.78, 5) is 9.24. The smallest absolute Gasteiger partial charge is 0.0753 e. The highest BCUT2D eigenvalue weighted by Crippen LogP contribution is 2.28. The Morgan fingerprint density at radius 3 is 2.30 bits per heavy atom. The van der Waals surface area contributed by atoms with Gasteiger partial charge in [-0.05, 0) is 47.6 Å². The van der Waals surface area contributed by atoms with Crippen LogP contribution in [0.25, 0.3) is 32.4 Å². The van der Waals surface area contributed by atoms with Crippen molar-refractivity contribution in [3.63, 3.8) is 0 Å². The van der Waals surface area contributed by atoms with Gasteiger partial charge in [-0.15, -0.1) is 0 Å². The van der Waals surface area contributed by atoms with Gasteiger partial charge in [0.05, 0.1) is 17.4 Å². The van der Waals surface area contributed by atoms with E-state index in [-0.39, 0.29) is 0 Å². The molecule has 6 aromatic rings. The van der Waals surface area contributed by atoms with E-state index in [4.69, 9.17) is 4.98 Å². The lowest BCUT2D eigenvalue weighted by molar-refractivity contribution is 0.960. The van der Waals surface area contributed by atoms with Crippen LogP contribution in [-0.4, -0.2) is 20.2 Å². The molecule has 4 heteroatoms. The number of fused-ring (bicyclic) bond motifs is 3. The largest absolute Gasteiger partial charge is 0.261 e. The molecule has 0 N–H and O–H groups in total. The number of aryl methyl sites for hydroxylation is 1. The van der Waals surface area contributed by atoms with Crippen molar-refractivity contribution in [2.45, 2.75) is 19.8 Å². The lowest BCUT2D eigenvalue weighted by Gasteiger charge is -2.12. The molecule has 3 aromatic carbocycles. The molecule has 3 aromatic heterocycles. The van der Waals surface area contributed by atoms with E-state index in [2.05, 4.69) is 82.8 Å². The van der Waals surface area contributed by atoms with E-state index >= 15 is 0 Å². The molecule has 6 rings (SSSR count). The average Bonchev–Trinajstić information content (AvgIpc) is 2.85. The van der Waals surface area contributed by atoms with E-state index in [9.17, 15) is 0 Å². The SMILES string of the molecule is Cc1nccc2c(Cc3ccnc4c(Cc5nncc6ccccc56)cccc34)cccc12. The Hall–Kier alpha value is -4.18. The summed E-state index contributed by atoms with van der Waals surface area (Å²) in [7, 11) is 0. The zero-order chi connectivity index (χ0) is 22.2. The fourth-order valence-electron chi connectivity index (χ4n) is 4.77. The van der Waals surface area contributed by atoms with Gasteiger partial charge in [-0.3, -0.25) is 9.97 Å². The molecule has 0 saturated carbocycles. The number of hydrogen-bond acceptors (Lipinski definition) is 4. The first-order valence-corrected chi connectivity index (χ1v) is 11.2. The van der Waals surface area contributed by atoms with Gasteiger partial charge >= 0.3 is 0 Å². The van der Waals surface area contributed by atoms with Crippen molar-refractivity contribution in [1.82, 2.24) is 20.2 Å². The molecule has 0 bridgehead atoms. The lowest BCUT2D eigenvalue weighted by Crippen LogP contribution is -1.99. The van der Waals surface area contributed by atoms with Crippen LogP contribution in [0.1, 0.15) is 28.1 Å². The van der Waals surface area contributed by atoms with Crippen molar-refractivity contribution in [2.24, 2.45) is 0 Å². The van der Waals surface area contributed by atoms with Crippen LogP contribution in [0.2, 0.25) is 0 Å². The van der Waals surface area contributed by atoms with Crippen LogP contribution in [-0.2, 0) is 12.8 Å². The molecule has 0 aliphatic heterocycles. The number of pyridine rings is 2. The first-order valence-electron chi connectivity index (χ1n) is 11.2.